The number of aromatic nitrogens is 1. The van der Waals surface area contributed by atoms with E-state index < -0.39 is 0 Å². The molecule has 0 aliphatic rings. The van der Waals surface area contributed by atoms with Gasteiger partial charge < -0.3 is 10.1 Å². The highest BCUT2D eigenvalue weighted by molar-refractivity contribution is 5.67. The van der Waals surface area contributed by atoms with E-state index in [1.54, 1.807) is 18.5 Å². The summed E-state index contributed by atoms with van der Waals surface area (Å²) in [5, 5.41) is 3.27. The molecule has 1 aromatic carbocycles. The molecule has 21 heavy (non-hydrogen) atoms. The lowest BCUT2D eigenvalue weighted by Gasteiger charge is -2.12. The van der Waals surface area contributed by atoms with E-state index in [0.717, 1.165) is 29.7 Å². The Labute approximate surface area is 125 Å². The van der Waals surface area contributed by atoms with Gasteiger partial charge in [-0.1, -0.05) is 19.9 Å². The van der Waals surface area contributed by atoms with Crippen LogP contribution in [0.25, 0.3) is 11.1 Å². The van der Waals surface area contributed by atoms with Gasteiger partial charge in [-0.15, -0.1) is 0 Å². The van der Waals surface area contributed by atoms with Crippen LogP contribution < -0.4 is 10.1 Å². The maximum absolute atomic E-state index is 13.6. The van der Waals surface area contributed by atoms with E-state index in [1.165, 1.54) is 6.07 Å². The monoisotopic (exact) mass is 288 g/mol. The molecule has 0 spiro atoms. The van der Waals surface area contributed by atoms with Crippen LogP contribution in [0.1, 0.15) is 25.8 Å². The molecule has 0 atom stereocenters. The molecule has 0 amide bonds. The van der Waals surface area contributed by atoms with Crippen LogP contribution in [0.4, 0.5) is 4.39 Å². The summed E-state index contributed by atoms with van der Waals surface area (Å²) in [6, 6.07) is 6.76. The first-order valence-electron chi connectivity index (χ1n) is 7.32. The van der Waals surface area contributed by atoms with Crippen molar-refractivity contribution in [1.29, 1.82) is 0 Å². The zero-order valence-corrected chi connectivity index (χ0v) is 12.5. The summed E-state index contributed by atoms with van der Waals surface area (Å²) in [5.41, 5.74) is 2.77. The van der Waals surface area contributed by atoms with Crippen molar-refractivity contribution in [2.24, 2.45) is 0 Å². The fraction of sp³-hybridized carbons (Fsp3) is 0.353. The van der Waals surface area contributed by atoms with Crippen LogP contribution in [0.2, 0.25) is 0 Å². The van der Waals surface area contributed by atoms with Crippen molar-refractivity contribution in [2.75, 3.05) is 13.2 Å². The third kappa shape index (κ3) is 4.26. The third-order valence-electron chi connectivity index (χ3n) is 3.13. The van der Waals surface area contributed by atoms with E-state index in [0.29, 0.717) is 18.9 Å². The van der Waals surface area contributed by atoms with E-state index >= 15 is 0 Å². The molecule has 0 radical (unpaired) electrons. The molecule has 0 unspecified atom stereocenters. The molecule has 0 fully saturated rings. The van der Waals surface area contributed by atoms with Crippen molar-refractivity contribution in [3.8, 4) is 16.9 Å². The molecule has 1 N–H and O–H groups in total. The van der Waals surface area contributed by atoms with Crippen molar-refractivity contribution < 1.29 is 9.13 Å². The van der Waals surface area contributed by atoms with Gasteiger partial charge >= 0.3 is 0 Å². The lowest BCUT2D eigenvalue weighted by molar-refractivity contribution is 0.316. The summed E-state index contributed by atoms with van der Waals surface area (Å²) < 4.78 is 19.2. The average Bonchev–Trinajstić information content (AvgIpc) is 2.52. The lowest BCUT2D eigenvalue weighted by atomic mass is 10.0. The molecule has 112 valence electrons. The minimum Gasteiger partial charge on any atom is -0.492 e. The summed E-state index contributed by atoms with van der Waals surface area (Å²) in [7, 11) is 0. The number of benzene rings is 1. The fourth-order valence-corrected chi connectivity index (χ4v) is 2.10. The number of pyridine rings is 1. The standard InChI is InChI=1S/C17H21FN2O/c1-3-7-21-16-8-14(11-20-12-16)17-9-15(18)6-5-13(17)10-19-4-2/h5-6,8-9,11-12,19H,3-4,7,10H2,1-2H3. The Hall–Kier alpha value is -1.94. The van der Waals surface area contributed by atoms with Crippen molar-refractivity contribution >= 4 is 0 Å². The molecule has 2 rings (SSSR count). The average molecular weight is 288 g/mol. The Morgan fingerprint density at radius 3 is 2.81 bits per heavy atom. The van der Waals surface area contributed by atoms with E-state index in [1.807, 2.05) is 19.1 Å². The van der Waals surface area contributed by atoms with Gasteiger partial charge in [-0.05, 0) is 42.3 Å². The Bertz CT molecular complexity index is 587. The molecule has 2 aromatic rings. The summed E-state index contributed by atoms with van der Waals surface area (Å²) >= 11 is 0. The Morgan fingerprint density at radius 1 is 1.19 bits per heavy atom. The van der Waals surface area contributed by atoms with Crippen LogP contribution in [0.15, 0.2) is 36.7 Å². The van der Waals surface area contributed by atoms with Gasteiger partial charge in [0.2, 0.25) is 0 Å². The molecule has 3 nitrogen and oxygen atoms in total. The smallest absolute Gasteiger partial charge is 0.138 e. The summed E-state index contributed by atoms with van der Waals surface area (Å²) in [6.45, 7) is 6.32. The highest BCUT2D eigenvalue weighted by atomic mass is 19.1. The third-order valence-corrected chi connectivity index (χ3v) is 3.13. The SMILES string of the molecule is CCCOc1cncc(-c2cc(F)ccc2CNCC)c1. The second-order valence-electron chi connectivity index (χ2n) is 4.84. The van der Waals surface area contributed by atoms with Crippen LogP contribution >= 0.6 is 0 Å². The number of halogens is 1. The predicted molar refractivity (Wildman–Crippen MR) is 82.8 cm³/mol. The van der Waals surface area contributed by atoms with Crippen molar-refractivity contribution in [1.82, 2.24) is 10.3 Å². The predicted octanol–water partition coefficient (Wildman–Crippen LogP) is 3.79. The van der Waals surface area contributed by atoms with Gasteiger partial charge in [-0.2, -0.15) is 0 Å². The number of rotatable bonds is 7. The van der Waals surface area contributed by atoms with Gasteiger partial charge in [-0.3, -0.25) is 4.98 Å². The van der Waals surface area contributed by atoms with Gasteiger partial charge in [-0.25, -0.2) is 4.39 Å². The van der Waals surface area contributed by atoms with Crippen LogP contribution in [0.3, 0.4) is 0 Å². The molecular formula is C17H21FN2O. The minimum absolute atomic E-state index is 0.245. The maximum Gasteiger partial charge on any atom is 0.138 e. The summed E-state index contributed by atoms with van der Waals surface area (Å²) in [4.78, 5) is 4.20. The first-order chi connectivity index (χ1) is 10.2. The van der Waals surface area contributed by atoms with Gasteiger partial charge in [0.05, 0.1) is 12.8 Å². The second-order valence-corrected chi connectivity index (χ2v) is 4.84. The van der Waals surface area contributed by atoms with Gasteiger partial charge in [0.25, 0.3) is 0 Å². The number of hydrogen-bond acceptors (Lipinski definition) is 3. The Balaban J connectivity index is 2.33. The lowest BCUT2D eigenvalue weighted by Crippen LogP contribution is -2.12. The van der Waals surface area contributed by atoms with Crippen molar-refractivity contribution in [2.45, 2.75) is 26.8 Å². The first kappa shape index (κ1) is 15.4. The number of nitrogens with one attached hydrogen (secondary N) is 1. The zero-order valence-electron chi connectivity index (χ0n) is 12.5. The fourth-order valence-electron chi connectivity index (χ4n) is 2.10. The van der Waals surface area contributed by atoms with E-state index in [9.17, 15) is 4.39 Å². The molecular weight excluding hydrogens is 267 g/mol. The molecule has 0 saturated heterocycles. The van der Waals surface area contributed by atoms with Crippen molar-refractivity contribution in [3.05, 3.63) is 48.0 Å². The molecule has 0 aliphatic carbocycles. The summed E-state index contributed by atoms with van der Waals surface area (Å²) in [6.07, 6.45) is 4.36. The molecule has 4 heteroatoms. The van der Waals surface area contributed by atoms with E-state index in [2.05, 4.69) is 17.2 Å². The number of nitrogens with zero attached hydrogens (tertiary/aromatic N) is 1. The molecule has 1 aromatic heterocycles. The van der Waals surface area contributed by atoms with Crippen LogP contribution in [-0.4, -0.2) is 18.1 Å². The normalized spacial score (nSPS) is 10.6. The van der Waals surface area contributed by atoms with E-state index in [-0.39, 0.29) is 5.82 Å². The van der Waals surface area contributed by atoms with Crippen LogP contribution in [-0.2, 0) is 6.54 Å². The number of ether oxygens (including phenoxy) is 1. The largest absolute Gasteiger partial charge is 0.492 e. The van der Waals surface area contributed by atoms with Crippen LogP contribution in [0, 0.1) is 5.82 Å². The van der Waals surface area contributed by atoms with Crippen LogP contribution in [0.5, 0.6) is 5.75 Å². The highest BCUT2D eigenvalue weighted by Crippen LogP contribution is 2.27. The van der Waals surface area contributed by atoms with Gasteiger partial charge in [0.15, 0.2) is 0 Å². The minimum atomic E-state index is -0.245. The maximum atomic E-state index is 13.6. The molecule has 0 saturated carbocycles. The van der Waals surface area contributed by atoms with E-state index in [4.69, 9.17) is 4.74 Å². The Kier molecular flexibility index (Phi) is 5.69. The number of hydrogen-bond donors (Lipinski definition) is 1. The van der Waals surface area contributed by atoms with Gasteiger partial charge in [0.1, 0.15) is 11.6 Å². The van der Waals surface area contributed by atoms with Crippen molar-refractivity contribution in [3.63, 3.8) is 0 Å². The zero-order chi connectivity index (χ0) is 15.1. The topological polar surface area (TPSA) is 34.1 Å². The Morgan fingerprint density at radius 2 is 2.05 bits per heavy atom. The summed E-state index contributed by atoms with van der Waals surface area (Å²) in [5.74, 6) is 0.471. The molecule has 1 heterocycles. The first-order valence-corrected chi connectivity index (χ1v) is 7.32. The molecule has 0 bridgehead atoms. The second kappa shape index (κ2) is 7.74. The molecule has 0 aliphatic heterocycles. The quantitative estimate of drug-likeness (QED) is 0.841. The van der Waals surface area contributed by atoms with Gasteiger partial charge in [0, 0.05) is 18.3 Å². The highest BCUT2D eigenvalue weighted by Gasteiger charge is 2.08.